The smallest absolute Gasteiger partial charge is 0.0728 e. The Morgan fingerprint density at radius 3 is 2.88 bits per heavy atom. The van der Waals surface area contributed by atoms with Crippen LogP contribution < -0.4 is 0 Å². The number of aliphatic hydroxyl groups is 1. The van der Waals surface area contributed by atoms with Crippen molar-refractivity contribution in [1.82, 2.24) is 9.78 Å². The van der Waals surface area contributed by atoms with Gasteiger partial charge in [-0.2, -0.15) is 5.10 Å². The zero-order chi connectivity index (χ0) is 11.8. The van der Waals surface area contributed by atoms with Crippen LogP contribution in [0.2, 0.25) is 0 Å². The molecule has 0 saturated carbocycles. The van der Waals surface area contributed by atoms with Gasteiger partial charge >= 0.3 is 0 Å². The molecular formula is C13H20N2O. The summed E-state index contributed by atoms with van der Waals surface area (Å²) in [7, 11) is 1.93. The molecule has 1 aromatic heterocycles. The first kappa shape index (κ1) is 11.4. The molecule has 0 fully saturated rings. The second-order valence-electron chi connectivity index (χ2n) is 5.64. The Hall–Kier alpha value is -1.09. The van der Waals surface area contributed by atoms with Crippen LogP contribution in [0, 0.1) is 5.41 Å². The van der Waals surface area contributed by atoms with E-state index in [4.69, 9.17) is 0 Å². The van der Waals surface area contributed by atoms with Gasteiger partial charge in [0.1, 0.15) is 0 Å². The van der Waals surface area contributed by atoms with Crippen molar-refractivity contribution in [2.75, 3.05) is 0 Å². The first-order chi connectivity index (χ1) is 7.44. The van der Waals surface area contributed by atoms with E-state index >= 15 is 0 Å². The Morgan fingerprint density at radius 1 is 1.56 bits per heavy atom. The summed E-state index contributed by atoms with van der Waals surface area (Å²) < 4.78 is 1.82. The summed E-state index contributed by atoms with van der Waals surface area (Å²) in [6.45, 7) is 4.43. The van der Waals surface area contributed by atoms with Gasteiger partial charge in [-0.15, -0.1) is 0 Å². The van der Waals surface area contributed by atoms with Crippen molar-refractivity contribution >= 4 is 0 Å². The lowest BCUT2D eigenvalue weighted by Gasteiger charge is -2.32. The van der Waals surface area contributed by atoms with E-state index in [0.29, 0.717) is 0 Å². The molecule has 0 aromatic carbocycles. The lowest BCUT2D eigenvalue weighted by molar-refractivity contribution is 0.138. The number of hydrogen-bond acceptors (Lipinski definition) is 2. The molecule has 0 radical (unpaired) electrons. The standard InChI is InChI=1S/C13H20N2O/c1-13(2)6-10(5-12(16)7-13)4-11-8-14-15(3)9-11/h5,8-9,12,16H,4,6-7H2,1-3H3. The van der Waals surface area contributed by atoms with Crippen molar-refractivity contribution < 1.29 is 5.11 Å². The minimum absolute atomic E-state index is 0.214. The number of rotatable bonds is 2. The van der Waals surface area contributed by atoms with E-state index in [1.54, 1.807) is 0 Å². The first-order valence-electron chi connectivity index (χ1n) is 5.80. The molecule has 0 spiro atoms. The van der Waals surface area contributed by atoms with Crippen LogP contribution in [-0.2, 0) is 13.5 Å². The quantitative estimate of drug-likeness (QED) is 0.775. The number of aliphatic hydroxyl groups excluding tert-OH is 1. The maximum Gasteiger partial charge on any atom is 0.0728 e. The van der Waals surface area contributed by atoms with Crippen molar-refractivity contribution in [3.8, 4) is 0 Å². The highest BCUT2D eigenvalue weighted by Crippen LogP contribution is 2.36. The van der Waals surface area contributed by atoms with Crippen LogP contribution in [0.25, 0.3) is 0 Å². The zero-order valence-electron chi connectivity index (χ0n) is 10.3. The summed E-state index contributed by atoms with van der Waals surface area (Å²) in [6, 6.07) is 0. The van der Waals surface area contributed by atoms with Crippen molar-refractivity contribution in [3.05, 3.63) is 29.6 Å². The number of hydrogen-bond donors (Lipinski definition) is 1. The summed E-state index contributed by atoms with van der Waals surface area (Å²) in [4.78, 5) is 0. The van der Waals surface area contributed by atoms with Crippen LogP contribution in [0.4, 0.5) is 0 Å². The van der Waals surface area contributed by atoms with Crippen LogP contribution in [-0.4, -0.2) is 21.0 Å². The molecule has 1 atom stereocenters. The molecule has 1 heterocycles. The summed E-state index contributed by atoms with van der Waals surface area (Å²) in [5.41, 5.74) is 2.77. The van der Waals surface area contributed by atoms with Gasteiger partial charge in [0.15, 0.2) is 0 Å². The lowest BCUT2D eigenvalue weighted by atomic mass is 9.75. The molecule has 2 rings (SSSR count). The molecule has 0 aliphatic heterocycles. The Labute approximate surface area is 96.8 Å². The van der Waals surface area contributed by atoms with Gasteiger partial charge in [0, 0.05) is 13.2 Å². The zero-order valence-corrected chi connectivity index (χ0v) is 10.3. The minimum Gasteiger partial charge on any atom is -0.389 e. The highest BCUT2D eigenvalue weighted by atomic mass is 16.3. The molecule has 3 nitrogen and oxygen atoms in total. The van der Waals surface area contributed by atoms with Gasteiger partial charge in [0.05, 0.1) is 12.3 Å². The Balaban J connectivity index is 2.10. The van der Waals surface area contributed by atoms with Gasteiger partial charge in [-0.3, -0.25) is 4.68 Å². The Morgan fingerprint density at radius 2 is 2.31 bits per heavy atom. The first-order valence-corrected chi connectivity index (χ1v) is 5.80. The molecule has 1 aliphatic rings. The van der Waals surface area contributed by atoms with E-state index in [-0.39, 0.29) is 11.5 Å². The Kier molecular flexibility index (Phi) is 2.89. The number of allylic oxidation sites excluding steroid dienone is 1. The van der Waals surface area contributed by atoms with Crippen molar-refractivity contribution in [3.63, 3.8) is 0 Å². The molecule has 0 bridgehead atoms. The molecule has 16 heavy (non-hydrogen) atoms. The topological polar surface area (TPSA) is 38.0 Å². The van der Waals surface area contributed by atoms with Gasteiger partial charge in [-0.05, 0) is 30.2 Å². The molecule has 3 heteroatoms. The third kappa shape index (κ3) is 2.73. The van der Waals surface area contributed by atoms with Gasteiger partial charge in [-0.25, -0.2) is 0 Å². The van der Waals surface area contributed by atoms with Gasteiger partial charge < -0.3 is 5.11 Å². The predicted molar refractivity (Wildman–Crippen MR) is 64.0 cm³/mol. The van der Waals surface area contributed by atoms with Crippen LogP contribution in [0.3, 0.4) is 0 Å². The van der Waals surface area contributed by atoms with Crippen LogP contribution in [0.15, 0.2) is 24.0 Å². The van der Waals surface area contributed by atoms with Crippen LogP contribution in [0.5, 0.6) is 0 Å². The summed E-state index contributed by atoms with van der Waals surface area (Å²) >= 11 is 0. The Bertz CT molecular complexity index is 404. The predicted octanol–water partition coefficient (Wildman–Crippen LogP) is 2.07. The molecule has 1 aliphatic carbocycles. The highest BCUT2D eigenvalue weighted by molar-refractivity contribution is 5.21. The molecule has 1 aromatic rings. The average Bonchev–Trinajstić information content (AvgIpc) is 2.46. The van der Waals surface area contributed by atoms with E-state index < -0.39 is 0 Å². The van der Waals surface area contributed by atoms with E-state index in [0.717, 1.165) is 19.3 Å². The largest absolute Gasteiger partial charge is 0.389 e. The number of aromatic nitrogens is 2. The molecule has 88 valence electrons. The normalized spacial score (nSPS) is 24.2. The fraction of sp³-hybridized carbons (Fsp3) is 0.615. The van der Waals surface area contributed by atoms with Crippen LogP contribution in [0.1, 0.15) is 32.3 Å². The maximum atomic E-state index is 9.80. The summed E-state index contributed by atoms with van der Waals surface area (Å²) in [6.07, 6.45) is 8.51. The average molecular weight is 220 g/mol. The van der Waals surface area contributed by atoms with Crippen molar-refractivity contribution in [2.24, 2.45) is 12.5 Å². The van der Waals surface area contributed by atoms with E-state index in [1.165, 1.54) is 11.1 Å². The molecule has 1 unspecified atom stereocenters. The molecular weight excluding hydrogens is 200 g/mol. The minimum atomic E-state index is -0.282. The monoisotopic (exact) mass is 220 g/mol. The third-order valence-electron chi connectivity index (χ3n) is 3.08. The van der Waals surface area contributed by atoms with Gasteiger partial charge in [0.25, 0.3) is 0 Å². The molecule has 1 N–H and O–H groups in total. The molecule has 0 amide bonds. The number of aryl methyl sites for hydroxylation is 1. The van der Waals surface area contributed by atoms with Gasteiger partial charge in [0.2, 0.25) is 0 Å². The second kappa shape index (κ2) is 4.06. The van der Waals surface area contributed by atoms with E-state index in [1.807, 2.05) is 30.2 Å². The van der Waals surface area contributed by atoms with Crippen LogP contribution >= 0.6 is 0 Å². The molecule has 0 saturated heterocycles. The van der Waals surface area contributed by atoms with Crippen molar-refractivity contribution in [2.45, 2.75) is 39.2 Å². The lowest BCUT2D eigenvalue weighted by Crippen LogP contribution is -2.25. The fourth-order valence-corrected chi connectivity index (χ4v) is 2.59. The third-order valence-corrected chi connectivity index (χ3v) is 3.08. The van der Waals surface area contributed by atoms with E-state index in [2.05, 4.69) is 18.9 Å². The maximum absolute atomic E-state index is 9.80. The second-order valence-corrected chi connectivity index (χ2v) is 5.64. The highest BCUT2D eigenvalue weighted by Gasteiger charge is 2.27. The fourth-order valence-electron chi connectivity index (χ4n) is 2.59. The number of nitrogens with zero attached hydrogens (tertiary/aromatic N) is 2. The van der Waals surface area contributed by atoms with E-state index in [9.17, 15) is 5.11 Å². The van der Waals surface area contributed by atoms with Crippen molar-refractivity contribution in [1.29, 1.82) is 0 Å². The summed E-state index contributed by atoms with van der Waals surface area (Å²) in [5.74, 6) is 0. The summed E-state index contributed by atoms with van der Waals surface area (Å²) in [5, 5.41) is 14.0. The van der Waals surface area contributed by atoms with Gasteiger partial charge in [-0.1, -0.05) is 25.5 Å². The SMILES string of the molecule is Cn1cc(CC2=CC(O)CC(C)(C)C2)cn1.